The van der Waals surface area contributed by atoms with Crippen LogP contribution in [0.4, 0.5) is 17.1 Å². The fraction of sp³-hybridized carbons (Fsp3) is 0.130. The van der Waals surface area contributed by atoms with Gasteiger partial charge < -0.3 is 4.90 Å². The zero-order valence-electron chi connectivity index (χ0n) is 44.9. The quantitative estimate of drug-likeness (QED) is 0.189. The number of benzene rings is 7. The van der Waals surface area contributed by atoms with Crippen LogP contribution in [0.25, 0.3) is 44.2 Å². The van der Waals surface area contributed by atoms with E-state index in [9.17, 15) is 11.0 Å². The molecule has 0 saturated heterocycles. The first-order valence-electron chi connectivity index (χ1n) is 24.6. The van der Waals surface area contributed by atoms with Crippen LogP contribution in [0.2, 0.25) is 0 Å². The molecule has 9 rings (SSSR count). The van der Waals surface area contributed by atoms with Crippen molar-refractivity contribution >= 4 is 27.8 Å². The molecule has 226 valence electrons. The van der Waals surface area contributed by atoms with Gasteiger partial charge in [-0.1, -0.05) is 149 Å². The van der Waals surface area contributed by atoms with Crippen LogP contribution in [0.5, 0.6) is 0 Å². The molecule has 0 aliphatic heterocycles. The Morgan fingerprint density at radius 3 is 2.11 bits per heavy atom. The summed E-state index contributed by atoms with van der Waals surface area (Å²) in [4.78, 5) is 1.18. The summed E-state index contributed by atoms with van der Waals surface area (Å²) in [7, 11) is 0. The number of nitrogens with zero attached hydrogens (tertiary/aromatic N) is 1. The average Bonchev–Trinajstić information content (AvgIpc) is 3.50. The first kappa shape index (κ1) is 14.6. The number of fused-ring (bicyclic) bond motifs is 5. The Labute approximate surface area is 304 Å². The Morgan fingerprint density at radius 1 is 0.489 bits per heavy atom. The summed E-state index contributed by atoms with van der Waals surface area (Å²) in [6, 6.07) is -1.13. The second kappa shape index (κ2) is 10.0. The highest BCUT2D eigenvalue weighted by Gasteiger charge is 2.37. The Morgan fingerprint density at radius 2 is 1.23 bits per heavy atom. The molecule has 1 heteroatoms. The normalized spacial score (nSPS) is 20.4. The molecule has 1 nitrogen and oxygen atoms in total. The predicted octanol–water partition coefficient (Wildman–Crippen LogP) is 12.6. The van der Waals surface area contributed by atoms with Crippen molar-refractivity contribution in [2.24, 2.45) is 0 Å². The minimum Gasteiger partial charge on any atom is -0.310 e. The van der Waals surface area contributed by atoms with Crippen molar-refractivity contribution in [2.45, 2.75) is 38.5 Å². The maximum absolute atomic E-state index is 10.1. The van der Waals surface area contributed by atoms with E-state index in [-0.39, 0.29) is 121 Å². The average molecular weight is 623 g/mol. The van der Waals surface area contributed by atoms with E-state index in [1.165, 1.54) is 29.2 Å². The summed E-state index contributed by atoms with van der Waals surface area (Å²) in [6.45, 7) is 6.79. The summed E-state index contributed by atoms with van der Waals surface area (Å²) in [5, 5.41) is 0.102. The van der Waals surface area contributed by atoms with Gasteiger partial charge in [0.05, 0.1) is 31.7 Å². The van der Waals surface area contributed by atoms with E-state index in [0.717, 1.165) is 12.1 Å². The minimum absolute atomic E-state index is 0.0161. The monoisotopic (exact) mass is 622 g/mol. The first-order valence-corrected chi connectivity index (χ1v) is 15.1. The second-order valence-electron chi connectivity index (χ2n) is 12.7. The van der Waals surface area contributed by atoms with Gasteiger partial charge in [0.15, 0.2) is 0 Å². The van der Waals surface area contributed by atoms with Crippen LogP contribution in [-0.2, 0) is 10.8 Å². The van der Waals surface area contributed by atoms with Crippen molar-refractivity contribution in [2.75, 3.05) is 4.90 Å². The molecule has 0 atom stereocenters. The van der Waals surface area contributed by atoms with Gasteiger partial charge in [-0.25, -0.2) is 0 Å². The van der Waals surface area contributed by atoms with Crippen LogP contribution in [0, 0.1) is 0 Å². The molecule has 0 amide bonds. The highest BCUT2D eigenvalue weighted by atomic mass is 15.1. The Balaban J connectivity index is 1.51. The van der Waals surface area contributed by atoms with Gasteiger partial charge in [-0.2, -0.15) is 0 Å². The number of hydrogen-bond acceptors (Lipinski definition) is 1. The lowest BCUT2D eigenvalue weighted by Crippen LogP contribution is -2.24. The predicted molar refractivity (Wildman–Crippen MR) is 199 cm³/mol. The molecule has 0 saturated carbocycles. The van der Waals surface area contributed by atoms with Crippen molar-refractivity contribution in [3.63, 3.8) is 0 Å². The van der Waals surface area contributed by atoms with Gasteiger partial charge in [-0.05, 0) is 91.1 Å². The Bertz CT molecular complexity index is 3400. The van der Waals surface area contributed by atoms with Crippen LogP contribution in [0.3, 0.4) is 0 Å². The molecular formula is C46H37N. The van der Waals surface area contributed by atoms with Gasteiger partial charge in [-0.15, -0.1) is 0 Å². The molecule has 0 heterocycles. The van der Waals surface area contributed by atoms with Crippen LogP contribution < -0.4 is 4.90 Å². The standard InChI is InChI=1S/C46H37N/c1-45(2)39-19-11-9-17-37(39)44-42(28-23-32-15-12-20-40(45)43(32)44)47(33-24-21-31(22-25-33)30-13-6-5-7-14-30)34-26-27-36-35-16-8-10-18-38(35)46(3,4)41(36)29-34/h5-29H,1-4H3/i6D,7D,8D,9D,11D,12D,13D,14D,15D,16D,17D,18D,19D,21D,23D,24D,25D,27D,29D. The summed E-state index contributed by atoms with van der Waals surface area (Å²) in [6.07, 6.45) is 0. The van der Waals surface area contributed by atoms with E-state index >= 15 is 0 Å². The molecule has 0 spiro atoms. The number of rotatable bonds is 4. The maximum Gasteiger partial charge on any atom is 0.0648 e. The molecule has 0 bridgehead atoms. The smallest absolute Gasteiger partial charge is 0.0648 e. The zero-order valence-corrected chi connectivity index (χ0v) is 25.9. The van der Waals surface area contributed by atoms with Gasteiger partial charge in [0.1, 0.15) is 0 Å². The van der Waals surface area contributed by atoms with Gasteiger partial charge >= 0.3 is 0 Å². The molecule has 7 aromatic rings. The molecular weight excluding hydrogens is 567 g/mol. The lowest BCUT2D eigenvalue weighted by Gasteiger charge is -2.38. The fourth-order valence-electron chi connectivity index (χ4n) is 6.95. The van der Waals surface area contributed by atoms with Gasteiger partial charge in [0, 0.05) is 27.8 Å². The molecule has 2 aliphatic carbocycles. The van der Waals surface area contributed by atoms with Crippen molar-refractivity contribution in [1.29, 1.82) is 0 Å². The molecule has 0 radical (unpaired) electrons. The molecule has 0 unspecified atom stereocenters. The lowest BCUT2D eigenvalue weighted by molar-refractivity contribution is 0.645. The number of hydrogen-bond donors (Lipinski definition) is 0. The van der Waals surface area contributed by atoms with E-state index in [1.54, 1.807) is 27.7 Å². The van der Waals surface area contributed by atoms with Crippen molar-refractivity contribution < 1.29 is 26.0 Å². The molecule has 7 aromatic carbocycles. The van der Waals surface area contributed by atoms with Crippen LogP contribution in [-0.4, -0.2) is 0 Å². The van der Waals surface area contributed by atoms with E-state index in [4.69, 9.17) is 15.1 Å². The second-order valence-corrected chi connectivity index (χ2v) is 12.7. The summed E-state index contributed by atoms with van der Waals surface area (Å²) < 4.78 is 172. The van der Waals surface area contributed by atoms with Crippen molar-refractivity contribution in [3.8, 4) is 33.4 Å². The highest BCUT2D eigenvalue weighted by molar-refractivity contribution is 6.10. The summed E-state index contributed by atoms with van der Waals surface area (Å²) in [5.41, 5.74) is -3.07. The van der Waals surface area contributed by atoms with Crippen molar-refractivity contribution in [3.05, 3.63) is 173 Å². The largest absolute Gasteiger partial charge is 0.310 e. The van der Waals surface area contributed by atoms with E-state index in [2.05, 4.69) is 0 Å². The third kappa shape index (κ3) is 4.02. The third-order valence-electron chi connectivity index (χ3n) is 9.30. The number of anilines is 3. The van der Waals surface area contributed by atoms with Crippen LogP contribution in [0.1, 0.15) is 76.0 Å². The molecule has 0 N–H and O–H groups in total. The van der Waals surface area contributed by atoms with Gasteiger partial charge in [-0.3, -0.25) is 0 Å². The maximum atomic E-state index is 10.1. The molecule has 0 aromatic heterocycles. The van der Waals surface area contributed by atoms with Gasteiger partial charge in [0.25, 0.3) is 0 Å². The highest BCUT2D eigenvalue weighted by Crippen LogP contribution is 2.55. The third-order valence-corrected chi connectivity index (χ3v) is 9.30. The first-order chi connectivity index (χ1) is 30.7. The molecule has 2 aliphatic rings. The zero-order chi connectivity index (χ0) is 48.4. The molecule has 47 heavy (non-hydrogen) atoms. The summed E-state index contributed by atoms with van der Waals surface area (Å²) >= 11 is 0. The SMILES string of the molecule is [2H]c1cc([2H])c([2H])c(-c2cc([2H])c(N(c3cc([2H])c4c(c3[2H])C(C)(C)c3c([2H])cc([2H])c([2H])c3-4)c3cc([2H])c4c([2H])c([2H])cc5c4c3-c3c([2H])c([2H])c([2H])c([2H])c3C5(C)C)c([2H])c2[2H])c1[2H]. The topological polar surface area (TPSA) is 3.24 Å². The van der Waals surface area contributed by atoms with E-state index < -0.39 is 83.0 Å². The Kier molecular flexibility index (Phi) is 3.12. The van der Waals surface area contributed by atoms with Gasteiger partial charge in [0.2, 0.25) is 0 Å². The fourth-order valence-corrected chi connectivity index (χ4v) is 6.95. The summed E-state index contributed by atoms with van der Waals surface area (Å²) in [5.74, 6) is 0. The van der Waals surface area contributed by atoms with Crippen molar-refractivity contribution in [1.82, 2.24) is 0 Å². The van der Waals surface area contributed by atoms with E-state index in [1.807, 2.05) is 0 Å². The molecule has 0 fully saturated rings. The minimum atomic E-state index is -1.28. The van der Waals surface area contributed by atoms with Crippen LogP contribution >= 0.6 is 0 Å². The van der Waals surface area contributed by atoms with Crippen LogP contribution in [0.15, 0.2) is 151 Å². The lowest BCUT2D eigenvalue weighted by atomic mass is 9.68. The van der Waals surface area contributed by atoms with E-state index in [0.29, 0.717) is 5.56 Å². The Hall–Kier alpha value is -5.40.